The molecule has 1 heterocycles. The molecular weight excluding hydrogens is 463 g/mol. The summed E-state index contributed by atoms with van der Waals surface area (Å²) in [6, 6.07) is 12.7. The van der Waals surface area contributed by atoms with E-state index >= 15 is 0 Å². The second kappa shape index (κ2) is 11.2. The second-order valence-electron chi connectivity index (χ2n) is 9.75. The highest BCUT2D eigenvalue weighted by molar-refractivity contribution is 5.96. The number of aliphatic hydroxyl groups excluding tert-OH is 2. The van der Waals surface area contributed by atoms with E-state index in [0.29, 0.717) is 17.7 Å². The second-order valence-corrected chi connectivity index (χ2v) is 9.75. The van der Waals surface area contributed by atoms with Gasteiger partial charge < -0.3 is 25.2 Å². The van der Waals surface area contributed by atoms with Crippen LogP contribution in [0.3, 0.4) is 0 Å². The normalized spacial score (nSPS) is 22.3. The SMILES string of the molecule is CC(C)CC(=O)N(CCc1cccc(F)c1)[C@@H]1C=C(C(=O)NCCO)[C@@H]2c3ccccc3O[C@@H]2[C@H]1O. The molecule has 1 aliphatic carbocycles. The average Bonchev–Trinajstić information content (AvgIpc) is 3.23. The molecule has 4 rings (SSSR count). The highest BCUT2D eigenvalue weighted by Crippen LogP contribution is 2.47. The minimum Gasteiger partial charge on any atom is -0.486 e. The van der Waals surface area contributed by atoms with E-state index in [9.17, 15) is 24.2 Å². The van der Waals surface area contributed by atoms with Crippen LogP contribution in [0.15, 0.2) is 60.2 Å². The lowest BCUT2D eigenvalue weighted by atomic mass is 9.77. The van der Waals surface area contributed by atoms with Gasteiger partial charge in [0, 0.05) is 30.6 Å². The van der Waals surface area contributed by atoms with Crippen molar-refractivity contribution in [2.24, 2.45) is 5.92 Å². The smallest absolute Gasteiger partial charge is 0.247 e. The van der Waals surface area contributed by atoms with E-state index in [-0.39, 0.29) is 49.7 Å². The molecule has 0 saturated carbocycles. The van der Waals surface area contributed by atoms with E-state index in [1.807, 2.05) is 32.0 Å². The van der Waals surface area contributed by atoms with Crippen LogP contribution in [-0.2, 0) is 16.0 Å². The maximum atomic E-state index is 13.7. The Bertz CT molecular complexity index is 1130. The zero-order valence-electron chi connectivity index (χ0n) is 20.6. The van der Waals surface area contributed by atoms with E-state index in [0.717, 1.165) is 11.1 Å². The van der Waals surface area contributed by atoms with Crippen LogP contribution in [0.25, 0.3) is 0 Å². The Morgan fingerprint density at radius 2 is 1.94 bits per heavy atom. The Kier molecular flexibility index (Phi) is 8.06. The fourth-order valence-corrected chi connectivity index (χ4v) is 5.04. The predicted molar refractivity (Wildman–Crippen MR) is 133 cm³/mol. The first-order chi connectivity index (χ1) is 17.3. The Morgan fingerprint density at radius 1 is 1.17 bits per heavy atom. The first-order valence-electron chi connectivity index (χ1n) is 12.4. The van der Waals surface area contributed by atoms with E-state index in [1.54, 1.807) is 29.2 Å². The summed E-state index contributed by atoms with van der Waals surface area (Å²) in [6.45, 7) is 3.99. The molecule has 1 aliphatic heterocycles. The third-order valence-electron chi connectivity index (χ3n) is 6.67. The van der Waals surface area contributed by atoms with Crippen molar-refractivity contribution in [2.75, 3.05) is 19.7 Å². The van der Waals surface area contributed by atoms with Gasteiger partial charge in [-0.2, -0.15) is 0 Å². The highest BCUT2D eigenvalue weighted by atomic mass is 19.1. The van der Waals surface area contributed by atoms with Gasteiger partial charge >= 0.3 is 0 Å². The number of benzene rings is 2. The van der Waals surface area contributed by atoms with Gasteiger partial charge in [-0.15, -0.1) is 0 Å². The number of nitrogens with zero attached hydrogens (tertiary/aromatic N) is 1. The van der Waals surface area contributed by atoms with Gasteiger partial charge in [0.15, 0.2) is 0 Å². The summed E-state index contributed by atoms with van der Waals surface area (Å²) in [6.07, 6.45) is 0.478. The Morgan fingerprint density at radius 3 is 2.67 bits per heavy atom. The van der Waals surface area contributed by atoms with Crippen LogP contribution in [0.5, 0.6) is 5.75 Å². The number of aliphatic hydroxyl groups is 2. The number of nitrogens with one attached hydrogen (secondary N) is 1. The molecule has 8 heteroatoms. The lowest BCUT2D eigenvalue weighted by Gasteiger charge is -2.41. The Hall–Kier alpha value is -3.23. The number of ether oxygens (including phenoxy) is 1. The van der Waals surface area contributed by atoms with E-state index < -0.39 is 24.2 Å². The first kappa shape index (κ1) is 25.9. The minimum absolute atomic E-state index is 0.0822. The quantitative estimate of drug-likeness (QED) is 0.496. The highest BCUT2D eigenvalue weighted by Gasteiger charge is 2.50. The van der Waals surface area contributed by atoms with Crippen LogP contribution >= 0.6 is 0 Å². The summed E-state index contributed by atoms with van der Waals surface area (Å²) in [4.78, 5) is 28.1. The molecule has 7 nitrogen and oxygen atoms in total. The summed E-state index contributed by atoms with van der Waals surface area (Å²) < 4.78 is 19.9. The molecule has 4 atom stereocenters. The van der Waals surface area contributed by atoms with Crippen molar-refractivity contribution >= 4 is 11.8 Å². The molecule has 0 aromatic heterocycles. The van der Waals surface area contributed by atoms with Crippen molar-refractivity contribution in [3.8, 4) is 5.75 Å². The third kappa shape index (κ3) is 5.44. The number of hydrogen-bond donors (Lipinski definition) is 3. The molecule has 2 amide bonds. The van der Waals surface area contributed by atoms with E-state index in [1.165, 1.54) is 12.1 Å². The molecule has 2 aromatic rings. The topological polar surface area (TPSA) is 99.1 Å². The maximum absolute atomic E-state index is 13.7. The number of fused-ring (bicyclic) bond motifs is 3. The van der Waals surface area contributed by atoms with Crippen LogP contribution < -0.4 is 10.1 Å². The molecule has 0 radical (unpaired) electrons. The van der Waals surface area contributed by atoms with Crippen LogP contribution in [-0.4, -0.2) is 64.9 Å². The van der Waals surface area contributed by atoms with Gasteiger partial charge in [-0.1, -0.05) is 44.2 Å². The Labute approximate surface area is 210 Å². The summed E-state index contributed by atoms with van der Waals surface area (Å²) in [5.41, 5.74) is 1.92. The number of halogens is 1. The molecule has 0 spiro atoms. The molecule has 3 N–H and O–H groups in total. The summed E-state index contributed by atoms with van der Waals surface area (Å²) in [5, 5.41) is 23.4. The molecule has 192 valence electrons. The molecule has 0 bridgehead atoms. The van der Waals surface area contributed by atoms with Crippen LogP contribution in [0.1, 0.15) is 37.3 Å². The van der Waals surface area contributed by atoms with Gasteiger partial charge in [0.05, 0.1) is 18.6 Å². The zero-order valence-corrected chi connectivity index (χ0v) is 20.6. The number of carbonyl (C=O) groups excluding carboxylic acids is 2. The standard InChI is InChI=1S/C28H33FN2O5/c1-17(2)14-24(33)31(12-10-18-6-5-7-19(29)15-18)22-16-21(28(35)30-11-13-32)25-20-8-3-4-9-23(20)36-27(25)26(22)34/h3-9,15-17,22,25-27,32,34H,10-14H2,1-2H3,(H,30,35)/t22-,25+,26+,27+/m1/s1. The van der Waals surface area contributed by atoms with Gasteiger partial charge in [-0.25, -0.2) is 4.39 Å². The number of para-hydroxylation sites is 1. The molecule has 36 heavy (non-hydrogen) atoms. The van der Waals surface area contributed by atoms with Crippen LogP contribution in [0.4, 0.5) is 4.39 Å². The van der Waals surface area contributed by atoms with Crippen LogP contribution in [0.2, 0.25) is 0 Å². The zero-order chi connectivity index (χ0) is 25.8. The van der Waals surface area contributed by atoms with Crippen molar-refractivity contribution in [3.05, 3.63) is 77.1 Å². The lowest BCUT2D eigenvalue weighted by molar-refractivity contribution is -0.137. The molecule has 0 unspecified atom stereocenters. The molecular formula is C28H33FN2O5. The number of carbonyl (C=O) groups is 2. The van der Waals surface area contributed by atoms with Crippen molar-refractivity contribution < 1.29 is 28.9 Å². The monoisotopic (exact) mass is 496 g/mol. The number of amides is 2. The molecule has 2 aromatic carbocycles. The molecule has 0 saturated heterocycles. The third-order valence-corrected chi connectivity index (χ3v) is 6.67. The van der Waals surface area contributed by atoms with Gasteiger partial charge in [-0.3, -0.25) is 9.59 Å². The summed E-state index contributed by atoms with van der Waals surface area (Å²) >= 11 is 0. The van der Waals surface area contributed by atoms with Crippen molar-refractivity contribution in [1.82, 2.24) is 10.2 Å². The Balaban J connectivity index is 1.70. The van der Waals surface area contributed by atoms with Crippen LogP contribution in [0, 0.1) is 11.7 Å². The van der Waals surface area contributed by atoms with E-state index in [4.69, 9.17) is 4.74 Å². The van der Waals surface area contributed by atoms with Crippen molar-refractivity contribution in [1.29, 1.82) is 0 Å². The largest absolute Gasteiger partial charge is 0.486 e. The average molecular weight is 497 g/mol. The molecule has 0 fully saturated rings. The summed E-state index contributed by atoms with van der Waals surface area (Å²) in [5.74, 6) is -0.716. The number of hydrogen-bond acceptors (Lipinski definition) is 5. The van der Waals surface area contributed by atoms with Gasteiger partial charge in [0.1, 0.15) is 23.8 Å². The van der Waals surface area contributed by atoms with E-state index in [2.05, 4.69) is 5.32 Å². The maximum Gasteiger partial charge on any atom is 0.247 e. The molecule has 2 aliphatic rings. The van der Waals surface area contributed by atoms with Crippen molar-refractivity contribution in [2.45, 2.75) is 50.9 Å². The lowest BCUT2D eigenvalue weighted by Crippen LogP contribution is -2.56. The van der Waals surface area contributed by atoms with Gasteiger partial charge in [-0.05, 0) is 42.2 Å². The van der Waals surface area contributed by atoms with Gasteiger partial charge in [0.25, 0.3) is 0 Å². The summed E-state index contributed by atoms with van der Waals surface area (Å²) in [7, 11) is 0. The fourth-order valence-electron chi connectivity index (χ4n) is 5.04. The van der Waals surface area contributed by atoms with Gasteiger partial charge in [0.2, 0.25) is 11.8 Å². The number of rotatable bonds is 9. The fraction of sp³-hybridized carbons (Fsp3) is 0.429. The van der Waals surface area contributed by atoms with Crippen molar-refractivity contribution in [3.63, 3.8) is 0 Å². The first-order valence-corrected chi connectivity index (χ1v) is 12.4. The predicted octanol–water partition coefficient (Wildman–Crippen LogP) is 2.57. The minimum atomic E-state index is -1.08.